The Balaban J connectivity index is 1.90. The molecule has 0 aliphatic rings. The molecule has 0 aliphatic heterocycles. The van der Waals surface area contributed by atoms with Gasteiger partial charge in [-0.3, -0.25) is 4.79 Å². The van der Waals surface area contributed by atoms with Gasteiger partial charge in [-0.1, -0.05) is 105 Å². The van der Waals surface area contributed by atoms with Gasteiger partial charge in [0.15, 0.2) is 5.43 Å². The summed E-state index contributed by atoms with van der Waals surface area (Å²) in [6.45, 7) is 6.73. The van der Waals surface area contributed by atoms with Gasteiger partial charge in [0.05, 0.1) is 12.4 Å². The second kappa shape index (κ2) is 17.4. The molecular weight excluding hydrogens is 498 g/mol. The Kier molecular flexibility index (Phi) is 13.5. The van der Waals surface area contributed by atoms with E-state index < -0.39 is 0 Å². The summed E-state index contributed by atoms with van der Waals surface area (Å²) in [6.07, 6.45) is 25.0. The molecule has 2 aromatic carbocycles. The van der Waals surface area contributed by atoms with E-state index >= 15 is 0 Å². The Morgan fingerprint density at radius 1 is 0.846 bits per heavy atom. The van der Waals surface area contributed by atoms with Crippen LogP contribution in [0.4, 0.5) is 0 Å². The summed E-state index contributed by atoms with van der Waals surface area (Å²) in [7, 11) is 0. The molecule has 206 valence electrons. The molecule has 0 atom stereocenters. The predicted molar refractivity (Wildman–Crippen MR) is 170 cm³/mol. The summed E-state index contributed by atoms with van der Waals surface area (Å²) in [5, 5.41) is 0. The maximum absolute atomic E-state index is 13.8. The van der Waals surface area contributed by atoms with Crippen molar-refractivity contribution in [3.8, 4) is 22.3 Å². The van der Waals surface area contributed by atoms with Gasteiger partial charge in [-0.15, -0.1) is 11.8 Å². The van der Waals surface area contributed by atoms with E-state index in [1.54, 1.807) is 10.9 Å². The summed E-state index contributed by atoms with van der Waals surface area (Å²) >= 11 is 1.81. The van der Waals surface area contributed by atoms with Crippen molar-refractivity contribution in [2.45, 2.75) is 70.6 Å². The van der Waals surface area contributed by atoms with Crippen molar-refractivity contribution in [3.63, 3.8) is 0 Å². The average Bonchev–Trinajstić information content (AvgIpc) is 2.96. The molecule has 0 saturated carbocycles. The minimum Gasteiger partial charge on any atom is -0.415 e. The van der Waals surface area contributed by atoms with Crippen LogP contribution in [-0.4, -0.2) is 17.1 Å². The zero-order valence-electron chi connectivity index (χ0n) is 23.8. The number of aromatic nitrogens is 1. The second-order valence-corrected chi connectivity index (χ2v) is 10.7. The lowest BCUT2D eigenvalue weighted by atomic mass is 9.99. The highest BCUT2D eigenvalue weighted by atomic mass is 32.2. The van der Waals surface area contributed by atoms with Crippen LogP contribution in [0, 0.1) is 0 Å². The first-order chi connectivity index (χ1) is 19.2. The largest absolute Gasteiger partial charge is 0.415 e. The van der Waals surface area contributed by atoms with Gasteiger partial charge in [0, 0.05) is 21.8 Å². The summed E-state index contributed by atoms with van der Waals surface area (Å²) in [4.78, 5) is 20.7. The molecule has 0 aliphatic carbocycles. The number of allylic oxidation sites excluding steroid dienone is 5. The maximum atomic E-state index is 13.8. The fraction of sp³-hybridized carbons (Fsp3) is 0.343. The molecule has 39 heavy (non-hydrogen) atoms. The highest BCUT2D eigenvalue weighted by molar-refractivity contribution is 7.99. The molecule has 0 unspecified atom stereocenters. The van der Waals surface area contributed by atoms with Gasteiger partial charge < -0.3 is 4.84 Å². The number of hydrogen-bond acceptors (Lipinski definition) is 3. The minimum absolute atomic E-state index is 0.0117. The van der Waals surface area contributed by atoms with E-state index in [1.165, 1.54) is 42.6 Å². The SMILES string of the molecule is C/C=C/C=C/Cc1cc(SC/C=C/CCCCCCC)cc(-c2cn(OCC)cc(-c3ccccc3)c2=O)c1. The minimum atomic E-state index is 0.0117. The molecule has 3 aromatic rings. The van der Waals surface area contributed by atoms with E-state index in [1.807, 2.05) is 74.3 Å². The third kappa shape index (κ3) is 10.1. The summed E-state index contributed by atoms with van der Waals surface area (Å²) in [5.41, 5.74) is 4.29. The first kappa shape index (κ1) is 30.3. The van der Waals surface area contributed by atoms with E-state index in [4.69, 9.17) is 4.84 Å². The lowest BCUT2D eigenvalue weighted by Crippen LogP contribution is -2.18. The molecule has 1 heterocycles. The number of hydrogen-bond donors (Lipinski definition) is 0. The number of benzene rings is 2. The standard InChI is InChI=1S/C35H43NO2S/c1-4-7-9-11-12-13-14-19-23-39-32-25-29(20-16-10-8-5-2)24-31(26-32)34-28-36(38-6-3)27-33(35(34)37)30-21-17-15-18-22-30/h5,8,10,14-19,21-22,24-28H,4,6-7,9,11-13,20,23H2,1-3H3/b8-5+,16-10+,19-14+. The molecule has 0 radical (unpaired) electrons. The van der Waals surface area contributed by atoms with Crippen LogP contribution in [0.3, 0.4) is 0 Å². The van der Waals surface area contributed by atoms with E-state index in [-0.39, 0.29) is 5.43 Å². The van der Waals surface area contributed by atoms with Gasteiger partial charge in [0.25, 0.3) is 0 Å². The lowest BCUT2D eigenvalue weighted by molar-refractivity contribution is 0.121. The van der Waals surface area contributed by atoms with Crippen molar-refractivity contribution < 1.29 is 4.84 Å². The highest BCUT2D eigenvalue weighted by Crippen LogP contribution is 2.28. The number of thioether (sulfide) groups is 1. The Labute approximate surface area is 239 Å². The highest BCUT2D eigenvalue weighted by Gasteiger charge is 2.14. The van der Waals surface area contributed by atoms with Crippen molar-refractivity contribution in [1.29, 1.82) is 0 Å². The molecule has 3 nitrogen and oxygen atoms in total. The first-order valence-electron chi connectivity index (χ1n) is 14.3. The Hall–Kier alpha value is -3.24. The van der Waals surface area contributed by atoms with Crippen LogP contribution in [0.5, 0.6) is 0 Å². The van der Waals surface area contributed by atoms with Crippen LogP contribution in [0.15, 0.2) is 107 Å². The van der Waals surface area contributed by atoms with Crippen LogP contribution in [0.2, 0.25) is 0 Å². The molecule has 1 aromatic heterocycles. The molecule has 0 fully saturated rings. The smallest absolute Gasteiger partial charge is 0.197 e. The van der Waals surface area contributed by atoms with E-state index in [2.05, 4.69) is 49.4 Å². The van der Waals surface area contributed by atoms with Crippen LogP contribution >= 0.6 is 11.8 Å². The molecule has 4 heteroatoms. The van der Waals surface area contributed by atoms with E-state index in [9.17, 15) is 4.79 Å². The predicted octanol–water partition coefficient (Wildman–Crippen LogP) is 9.31. The van der Waals surface area contributed by atoms with Crippen molar-refractivity contribution >= 4 is 11.8 Å². The van der Waals surface area contributed by atoms with Gasteiger partial charge in [-0.05, 0) is 61.9 Å². The summed E-state index contributed by atoms with van der Waals surface area (Å²) < 4.78 is 1.67. The molecule has 0 saturated heterocycles. The van der Waals surface area contributed by atoms with Crippen molar-refractivity contribution in [1.82, 2.24) is 4.73 Å². The Morgan fingerprint density at radius 3 is 2.36 bits per heavy atom. The fourth-order valence-corrected chi connectivity index (χ4v) is 5.28. The first-order valence-corrected chi connectivity index (χ1v) is 15.3. The average molecular weight is 542 g/mol. The zero-order valence-corrected chi connectivity index (χ0v) is 24.6. The van der Waals surface area contributed by atoms with Crippen molar-refractivity contribution in [2.75, 3.05) is 12.4 Å². The molecule has 3 rings (SSSR count). The van der Waals surface area contributed by atoms with Gasteiger partial charge in [0.2, 0.25) is 0 Å². The van der Waals surface area contributed by atoms with Gasteiger partial charge >= 0.3 is 0 Å². The van der Waals surface area contributed by atoms with Crippen LogP contribution < -0.4 is 10.3 Å². The zero-order chi connectivity index (χ0) is 27.7. The molecule has 0 N–H and O–H groups in total. The third-order valence-corrected chi connectivity index (χ3v) is 7.35. The monoisotopic (exact) mass is 541 g/mol. The molecular formula is C35H43NO2S. The van der Waals surface area contributed by atoms with E-state index in [0.717, 1.165) is 29.7 Å². The normalized spacial score (nSPS) is 11.8. The number of pyridine rings is 1. The fourth-order valence-electron chi connectivity index (χ4n) is 4.41. The van der Waals surface area contributed by atoms with E-state index in [0.29, 0.717) is 17.7 Å². The van der Waals surface area contributed by atoms with Gasteiger partial charge in [-0.25, -0.2) is 0 Å². The summed E-state index contributed by atoms with van der Waals surface area (Å²) in [5.74, 6) is 0.916. The number of unbranched alkanes of at least 4 members (excludes halogenated alkanes) is 5. The molecule has 0 amide bonds. The Morgan fingerprint density at radius 2 is 1.62 bits per heavy atom. The van der Waals surface area contributed by atoms with Gasteiger partial charge in [0.1, 0.15) is 6.61 Å². The molecule has 0 bridgehead atoms. The van der Waals surface area contributed by atoms with Crippen LogP contribution in [-0.2, 0) is 6.42 Å². The Bertz CT molecular complexity index is 1290. The van der Waals surface area contributed by atoms with Gasteiger partial charge in [-0.2, -0.15) is 4.73 Å². The topological polar surface area (TPSA) is 31.2 Å². The lowest BCUT2D eigenvalue weighted by Gasteiger charge is -2.14. The van der Waals surface area contributed by atoms with Crippen molar-refractivity contribution in [2.24, 2.45) is 0 Å². The van der Waals surface area contributed by atoms with Crippen molar-refractivity contribution in [3.05, 3.63) is 113 Å². The molecule has 0 spiro atoms. The quantitative estimate of drug-likeness (QED) is 0.0783. The number of nitrogens with zero attached hydrogens (tertiary/aromatic N) is 1. The number of rotatable bonds is 16. The summed E-state index contributed by atoms with van der Waals surface area (Å²) in [6, 6.07) is 16.3. The van der Waals surface area contributed by atoms with Crippen LogP contribution in [0.25, 0.3) is 22.3 Å². The maximum Gasteiger partial charge on any atom is 0.197 e. The third-order valence-electron chi connectivity index (χ3n) is 6.42. The second-order valence-electron chi connectivity index (χ2n) is 9.57. The van der Waals surface area contributed by atoms with Crippen LogP contribution in [0.1, 0.15) is 64.9 Å².